The Bertz CT molecular complexity index is 876. The van der Waals surface area contributed by atoms with Gasteiger partial charge in [-0.15, -0.1) is 0 Å². The van der Waals surface area contributed by atoms with Gasteiger partial charge in [0.2, 0.25) is 0 Å². The number of nitrogens with zero attached hydrogens (tertiary/aromatic N) is 4. The summed E-state index contributed by atoms with van der Waals surface area (Å²) >= 11 is 0. The summed E-state index contributed by atoms with van der Waals surface area (Å²) in [5.41, 5.74) is 2.86. The topological polar surface area (TPSA) is 72.7 Å². The number of nitrogens with one attached hydrogen (secondary N) is 1. The molecule has 0 atom stereocenters. The molecule has 0 aliphatic heterocycles. The lowest BCUT2D eigenvalue weighted by atomic mass is 9.92. The Morgan fingerprint density at radius 2 is 1.78 bits per heavy atom. The second-order valence-corrected chi connectivity index (χ2v) is 6.50. The highest BCUT2D eigenvalue weighted by Gasteiger charge is 2.20. The maximum atomic E-state index is 12.5. The molecule has 3 aromatic rings. The first-order chi connectivity index (χ1) is 10.8. The van der Waals surface area contributed by atoms with Crippen LogP contribution in [0.2, 0.25) is 0 Å². The first kappa shape index (κ1) is 15.1. The molecular weight excluding hydrogens is 290 g/mol. The molecule has 0 unspecified atom stereocenters. The number of carbonyl (C=O) groups excluding carboxylic acids is 1. The molecular formula is C17H19N5O. The minimum atomic E-state index is -0.194. The molecule has 0 fully saturated rings. The molecule has 0 bridgehead atoms. The van der Waals surface area contributed by atoms with Crippen molar-refractivity contribution in [3.63, 3.8) is 0 Å². The van der Waals surface area contributed by atoms with Crippen molar-refractivity contribution < 1.29 is 4.79 Å². The fraction of sp³-hybridized carbons (Fsp3) is 0.294. The van der Waals surface area contributed by atoms with Gasteiger partial charge >= 0.3 is 0 Å². The van der Waals surface area contributed by atoms with Crippen molar-refractivity contribution >= 4 is 22.8 Å². The van der Waals surface area contributed by atoms with Crippen LogP contribution in [-0.2, 0) is 12.5 Å². The number of hydrogen-bond donors (Lipinski definition) is 1. The van der Waals surface area contributed by atoms with Crippen molar-refractivity contribution in [1.82, 2.24) is 19.7 Å². The van der Waals surface area contributed by atoms with Gasteiger partial charge in [0.1, 0.15) is 5.82 Å². The van der Waals surface area contributed by atoms with Crippen LogP contribution in [0, 0.1) is 0 Å². The highest BCUT2D eigenvalue weighted by molar-refractivity contribution is 6.05. The van der Waals surface area contributed by atoms with Gasteiger partial charge in [-0.05, 0) is 18.2 Å². The first-order valence-electron chi connectivity index (χ1n) is 7.41. The van der Waals surface area contributed by atoms with E-state index >= 15 is 0 Å². The van der Waals surface area contributed by atoms with Crippen LogP contribution in [0.3, 0.4) is 0 Å². The third-order valence-corrected chi connectivity index (χ3v) is 3.62. The quantitative estimate of drug-likeness (QED) is 0.790. The van der Waals surface area contributed by atoms with Gasteiger partial charge < -0.3 is 5.32 Å². The molecule has 0 saturated heterocycles. The molecule has 2 heterocycles. The van der Waals surface area contributed by atoms with Gasteiger partial charge in [-0.1, -0.05) is 20.8 Å². The van der Waals surface area contributed by atoms with Crippen LogP contribution in [0.15, 0.2) is 36.7 Å². The zero-order chi connectivity index (χ0) is 16.6. The van der Waals surface area contributed by atoms with E-state index in [1.165, 1.54) is 0 Å². The second kappa shape index (κ2) is 5.46. The van der Waals surface area contributed by atoms with Gasteiger partial charge in [0.25, 0.3) is 5.91 Å². The number of carbonyl (C=O) groups is 1. The minimum absolute atomic E-state index is 0.0702. The lowest BCUT2D eigenvalue weighted by Gasteiger charge is -2.13. The van der Waals surface area contributed by atoms with Gasteiger partial charge in [-0.2, -0.15) is 5.10 Å². The molecule has 118 valence electrons. The van der Waals surface area contributed by atoms with Crippen molar-refractivity contribution in [1.29, 1.82) is 0 Å². The van der Waals surface area contributed by atoms with E-state index in [2.05, 4.69) is 41.2 Å². The molecule has 1 amide bonds. The number of benzene rings is 1. The predicted molar refractivity (Wildman–Crippen MR) is 89.4 cm³/mol. The Morgan fingerprint density at radius 1 is 1.09 bits per heavy atom. The molecule has 0 aliphatic rings. The average Bonchev–Trinajstić information content (AvgIpc) is 2.88. The lowest BCUT2D eigenvalue weighted by Crippen LogP contribution is -2.14. The summed E-state index contributed by atoms with van der Waals surface area (Å²) in [7, 11) is 1.82. The van der Waals surface area contributed by atoms with E-state index in [1.807, 2.05) is 13.1 Å². The van der Waals surface area contributed by atoms with Crippen LogP contribution in [-0.4, -0.2) is 25.7 Å². The van der Waals surface area contributed by atoms with Crippen molar-refractivity contribution in [3.8, 4) is 0 Å². The van der Waals surface area contributed by atoms with Crippen LogP contribution >= 0.6 is 0 Å². The third-order valence-electron chi connectivity index (χ3n) is 3.62. The van der Waals surface area contributed by atoms with E-state index in [-0.39, 0.29) is 11.3 Å². The summed E-state index contributed by atoms with van der Waals surface area (Å²) in [5.74, 6) is 0.472. The second-order valence-electron chi connectivity index (χ2n) is 6.50. The summed E-state index contributed by atoms with van der Waals surface area (Å²) in [4.78, 5) is 20.9. The minimum Gasteiger partial charge on any atom is -0.307 e. The fourth-order valence-electron chi connectivity index (χ4n) is 2.24. The number of amides is 1. The van der Waals surface area contributed by atoms with Gasteiger partial charge in [-0.25, -0.2) is 0 Å². The molecule has 0 saturated carbocycles. The molecule has 6 heteroatoms. The monoisotopic (exact) mass is 309 g/mol. The van der Waals surface area contributed by atoms with E-state index in [4.69, 9.17) is 0 Å². The average molecular weight is 309 g/mol. The Kier molecular flexibility index (Phi) is 3.60. The SMILES string of the molecule is Cn1nc(C(C)(C)C)cc1NC(=O)c1ccc2nccnc2c1. The maximum Gasteiger partial charge on any atom is 0.256 e. The maximum absolute atomic E-state index is 12.5. The molecule has 0 aliphatic carbocycles. The number of aromatic nitrogens is 4. The zero-order valence-electron chi connectivity index (χ0n) is 13.7. The lowest BCUT2D eigenvalue weighted by molar-refractivity contribution is 0.102. The number of hydrogen-bond acceptors (Lipinski definition) is 4. The smallest absolute Gasteiger partial charge is 0.256 e. The van der Waals surface area contributed by atoms with Crippen LogP contribution in [0.1, 0.15) is 36.8 Å². The molecule has 6 nitrogen and oxygen atoms in total. The van der Waals surface area contributed by atoms with Crippen LogP contribution in [0.5, 0.6) is 0 Å². The number of fused-ring (bicyclic) bond motifs is 1. The Hall–Kier alpha value is -2.76. The largest absolute Gasteiger partial charge is 0.307 e. The van der Waals surface area contributed by atoms with Crippen molar-refractivity contribution in [3.05, 3.63) is 47.9 Å². The van der Waals surface area contributed by atoms with Crippen molar-refractivity contribution in [2.75, 3.05) is 5.32 Å². The normalized spacial score (nSPS) is 11.7. The summed E-state index contributed by atoms with van der Waals surface area (Å²) in [5, 5.41) is 7.36. The summed E-state index contributed by atoms with van der Waals surface area (Å²) in [6, 6.07) is 7.17. The molecule has 3 rings (SSSR count). The fourth-order valence-corrected chi connectivity index (χ4v) is 2.24. The summed E-state index contributed by atoms with van der Waals surface area (Å²) < 4.78 is 1.68. The number of rotatable bonds is 2. The van der Waals surface area contributed by atoms with Gasteiger partial charge in [0.15, 0.2) is 0 Å². The molecule has 0 radical (unpaired) electrons. The van der Waals surface area contributed by atoms with Crippen LogP contribution in [0.4, 0.5) is 5.82 Å². The third kappa shape index (κ3) is 3.06. The Labute approximate surface area is 134 Å². The number of aryl methyl sites for hydroxylation is 1. The van der Waals surface area contributed by atoms with Crippen molar-refractivity contribution in [2.45, 2.75) is 26.2 Å². The van der Waals surface area contributed by atoms with Crippen LogP contribution in [0.25, 0.3) is 11.0 Å². The molecule has 0 spiro atoms. The highest BCUT2D eigenvalue weighted by atomic mass is 16.1. The van der Waals surface area contributed by atoms with E-state index in [1.54, 1.807) is 35.3 Å². The van der Waals surface area contributed by atoms with Gasteiger partial charge in [-0.3, -0.25) is 19.4 Å². The Balaban J connectivity index is 1.87. The summed E-state index contributed by atoms with van der Waals surface area (Å²) in [6.45, 7) is 6.26. The molecule has 1 aromatic carbocycles. The highest BCUT2D eigenvalue weighted by Crippen LogP contribution is 2.23. The van der Waals surface area contributed by atoms with E-state index in [0.29, 0.717) is 16.9 Å². The molecule has 2 aromatic heterocycles. The first-order valence-corrected chi connectivity index (χ1v) is 7.41. The van der Waals surface area contributed by atoms with Crippen molar-refractivity contribution in [2.24, 2.45) is 7.05 Å². The van der Waals surface area contributed by atoms with E-state index in [0.717, 1.165) is 11.2 Å². The van der Waals surface area contributed by atoms with Crippen LogP contribution < -0.4 is 5.32 Å². The zero-order valence-corrected chi connectivity index (χ0v) is 13.7. The molecule has 23 heavy (non-hydrogen) atoms. The van der Waals surface area contributed by atoms with E-state index in [9.17, 15) is 4.79 Å². The van der Waals surface area contributed by atoms with Gasteiger partial charge in [0, 0.05) is 36.5 Å². The van der Waals surface area contributed by atoms with E-state index < -0.39 is 0 Å². The summed E-state index contributed by atoms with van der Waals surface area (Å²) in [6.07, 6.45) is 3.24. The number of anilines is 1. The molecule has 1 N–H and O–H groups in total. The predicted octanol–water partition coefficient (Wildman–Crippen LogP) is 2.91. The standard InChI is InChI=1S/C17H19N5O/c1-17(2,3)14-10-15(22(4)21-14)20-16(23)11-5-6-12-13(9-11)19-8-7-18-12/h5-10H,1-4H3,(H,20,23). The Morgan fingerprint density at radius 3 is 2.43 bits per heavy atom. The van der Waals surface area contributed by atoms with Gasteiger partial charge in [0.05, 0.1) is 16.7 Å².